The third-order valence-electron chi connectivity index (χ3n) is 27.5. The van der Waals surface area contributed by atoms with Crippen molar-refractivity contribution in [2.45, 2.75) is 182 Å². The minimum absolute atomic E-state index is 0.0444. The van der Waals surface area contributed by atoms with Gasteiger partial charge in [-0.25, -0.2) is 0 Å². The van der Waals surface area contributed by atoms with Crippen LogP contribution >= 0.6 is 21.6 Å². The van der Waals surface area contributed by atoms with Crippen LogP contribution in [-0.4, -0.2) is 118 Å². The number of aliphatic hydroxyl groups excluding tert-OH is 5. The molecule has 12 aliphatic carbocycles. The Morgan fingerprint density at radius 2 is 1.62 bits per heavy atom. The molecule has 5 spiro atoms. The van der Waals surface area contributed by atoms with Crippen LogP contribution in [0.15, 0.2) is 125 Å². The number of hydrogen-bond donors (Lipinski definition) is 10. The van der Waals surface area contributed by atoms with Crippen molar-refractivity contribution in [3.05, 3.63) is 153 Å². The van der Waals surface area contributed by atoms with Gasteiger partial charge in [0.1, 0.15) is 52.4 Å². The molecule has 0 radical (unpaired) electrons. The zero-order valence-corrected chi connectivity index (χ0v) is 54.4. The van der Waals surface area contributed by atoms with Crippen LogP contribution in [0.2, 0.25) is 0 Å². The molecule has 8 fully saturated rings. The Hall–Kier alpha value is -5.21. The number of carbonyl (C=O) groups is 3. The predicted molar refractivity (Wildman–Crippen MR) is 351 cm³/mol. The highest BCUT2D eigenvalue weighted by atomic mass is 33.1. The highest BCUT2D eigenvalue weighted by Gasteiger charge is 2.80. The second-order valence-electron chi connectivity index (χ2n) is 32.0. The van der Waals surface area contributed by atoms with Crippen molar-refractivity contribution in [3.63, 3.8) is 0 Å². The van der Waals surface area contributed by atoms with E-state index in [1.165, 1.54) is 33.4 Å². The first kappa shape index (κ1) is 61.4. The number of nitrogens with one attached hydrogen (secondary N) is 2. The molecule has 3 heterocycles. The van der Waals surface area contributed by atoms with Crippen molar-refractivity contribution < 1.29 is 64.7 Å². The van der Waals surface area contributed by atoms with Gasteiger partial charge >= 0.3 is 0 Å². The smallest absolute Gasteiger partial charge is 0.229 e. The van der Waals surface area contributed by atoms with Crippen LogP contribution in [0.25, 0.3) is 0 Å². The summed E-state index contributed by atoms with van der Waals surface area (Å²) in [6.07, 6.45) is 19.5. The first-order chi connectivity index (χ1) is 44.8. The van der Waals surface area contributed by atoms with Crippen molar-refractivity contribution >= 4 is 39.4 Å². The maximum Gasteiger partial charge on any atom is 0.229 e. The van der Waals surface area contributed by atoms with E-state index >= 15 is 9.59 Å². The topological polar surface area (TPSA) is 256 Å². The summed E-state index contributed by atoms with van der Waals surface area (Å²) in [6.45, 7) is -0.389. The molecule has 11 bridgehead atoms. The van der Waals surface area contributed by atoms with Crippen LogP contribution < -0.4 is 15.4 Å². The van der Waals surface area contributed by atoms with Crippen LogP contribution in [0, 0.1) is 74.4 Å². The molecule has 15 aliphatic rings. The molecule has 3 aromatic carbocycles. The minimum atomic E-state index is -2.39. The van der Waals surface area contributed by atoms with Crippen molar-refractivity contribution in [1.29, 1.82) is 0 Å². The summed E-state index contributed by atoms with van der Waals surface area (Å²) in [4.78, 5) is 47.4. The van der Waals surface area contributed by atoms with Gasteiger partial charge in [-0.05, 0) is 231 Å². The molecule has 0 unspecified atom stereocenters. The van der Waals surface area contributed by atoms with E-state index in [-0.39, 0.29) is 88.9 Å². The number of rotatable bonds is 7. The summed E-state index contributed by atoms with van der Waals surface area (Å²) in [6, 6.07) is 20.0. The molecule has 17 heteroatoms. The molecule has 0 aromatic heterocycles. The molecule has 0 amide bonds. The van der Waals surface area contributed by atoms with Gasteiger partial charge in [0.2, 0.25) is 6.29 Å². The Kier molecular flexibility index (Phi) is 14.5. The van der Waals surface area contributed by atoms with Crippen LogP contribution in [0.3, 0.4) is 0 Å². The predicted octanol–water partition coefficient (Wildman–Crippen LogP) is 10.4. The quantitative estimate of drug-likeness (QED) is 0.0780. The van der Waals surface area contributed by atoms with Gasteiger partial charge in [0, 0.05) is 40.5 Å². The summed E-state index contributed by atoms with van der Waals surface area (Å²) >= 11 is 0. The number of hydrogen-bond acceptors (Lipinski definition) is 17. The number of ketones is 2. The van der Waals surface area contributed by atoms with E-state index in [1.807, 2.05) is 48.6 Å². The summed E-state index contributed by atoms with van der Waals surface area (Å²) in [7, 11) is 2.92. The highest BCUT2D eigenvalue weighted by Crippen LogP contribution is 2.80. The molecule has 18 rings (SSSR count). The van der Waals surface area contributed by atoms with Crippen LogP contribution in [0.1, 0.15) is 159 Å². The van der Waals surface area contributed by atoms with E-state index in [0.717, 1.165) is 112 Å². The van der Waals surface area contributed by atoms with Gasteiger partial charge < -0.3 is 65.8 Å². The number of phenolic OH excluding ortho intramolecular Hbond substituents is 1. The first-order valence-corrected chi connectivity index (χ1v) is 37.2. The maximum atomic E-state index is 16.9. The molecular weight excluding hydrogens is 1210 g/mol. The van der Waals surface area contributed by atoms with E-state index in [1.54, 1.807) is 30.3 Å². The first-order valence-electron chi connectivity index (χ1n) is 34.8. The molecule has 10 N–H and O–H groups in total. The second kappa shape index (κ2) is 21.9. The molecule has 15 nitrogen and oxygen atoms in total. The van der Waals surface area contributed by atoms with E-state index in [0.29, 0.717) is 66.5 Å². The lowest BCUT2D eigenvalue weighted by atomic mass is 9.46. The van der Waals surface area contributed by atoms with Crippen LogP contribution in [0.4, 0.5) is 0 Å². The number of allylic oxidation sites excluding steroid dienone is 7. The average Bonchev–Trinajstić information content (AvgIpc) is 1.58. The van der Waals surface area contributed by atoms with Gasteiger partial charge in [-0.3, -0.25) is 9.59 Å². The van der Waals surface area contributed by atoms with Crippen molar-refractivity contribution in [3.8, 4) is 11.5 Å². The molecule has 492 valence electrons. The summed E-state index contributed by atoms with van der Waals surface area (Å²) in [5.74, 6) is -2.39. The molecule has 3 aromatic rings. The van der Waals surface area contributed by atoms with Crippen LogP contribution in [-0.2, 0) is 29.0 Å². The fraction of sp³-hybridized carbons (Fsp3) is 0.592. The molecule has 3 aliphatic heterocycles. The number of aromatic hydroxyl groups is 1. The lowest BCUT2D eigenvalue weighted by Gasteiger charge is -2.65. The van der Waals surface area contributed by atoms with Gasteiger partial charge in [-0.15, -0.1) is 0 Å². The van der Waals surface area contributed by atoms with Crippen molar-refractivity contribution in [2.24, 2.45) is 74.4 Å². The third kappa shape index (κ3) is 8.90. The number of Topliss-reactive ketones (excluding diaryl/α,β-unsaturated/α-hetero) is 2. The van der Waals surface area contributed by atoms with E-state index in [4.69, 9.17) is 9.47 Å². The Morgan fingerprint density at radius 1 is 0.796 bits per heavy atom. The number of ether oxygens (including phenoxy) is 2. The number of fused-ring (bicyclic) bond motifs is 3. The van der Waals surface area contributed by atoms with Gasteiger partial charge in [-0.1, -0.05) is 95.1 Å². The molecule has 20 atom stereocenters. The van der Waals surface area contributed by atoms with Gasteiger partial charge in [0.25, 0.3) is 0 Å². The summed E-state index contributed by atoms with van der Waals surface area (Å²) in [5.41, 5.74) is -2.34. The van der Waals surface area contributed by atoms with E-state index in [2.05, 4.69) is 22.8 Å². The Morgan fingerprint density at radius 3 is 2.46 bits per heavy atom. The molecule has 7 saturated carbocycles. The monoisotopic (exact) mass is 1300 g/mol. The lowest BCUT2D eigenvalue weighted by Crippen LogP contribution is -2.81. The number of benzene rings is 3. The number of phenols is 1. The normalized spacial score (nSPS) is 44.5. The standard InChI is InChI=1S/C76H88N2O13S2/c79-35-45-8-3-6-42(23-45)24-46-28-58(83)75-59-16-19-72(88)17-2-1-9-49(72)13-14-53(46)62(75)63(84)54-11-5-12-57(61(54)65(75)85)90-67-66(86)76(89)64-48(31-73(40-81,91-67)68(76)87)26-47-27-50-33-71(39-74(50,64)56-29-60(77-34-55(47)56)78-41-92-93-59)38-70(32-51(71)36-80)21-20-69(37-70)18-15-44(30-69)22-43-7-4-10-52(82)25-43/h3-8,10-14,23,25,28-29,36,44,47-51,59,62,64,66-68,77-79,81-83,86-89H,1-2,9,15-22,24,26-27,30-35,37-41H2/b14-13-/t44-,47+,48+,49+,50+,51-,59-,62+,64+,66-,67+,68+,69-,70-,71+,72+,73+,74-,75-,76+/m0/s1. The average molecular weight is 1300 g/mol. The number of aliphatic hydroxyl groups is 7. The zero-order chi connectivity index (χ0) is 63.8. The SMILES string of the molecule is O=C[C@@H]1C[C@]2(CC[C@]3(CC[C@@H](Cc4cccc(O)c4)C3)C2)C[C@@]12C[C@H]1C[C@H]3C[C@@H]4C[C@]5(CO)O[C@H]6Oc7cccc8c7C(=O)[C@@]79C(O)=CC(Cc%10cccc(CO)c%10)=C(/C=C\[C@H]%10CCCC[C@@]%10(O)CC[C@@H]7SSCNC7=CC(=C3CN7)[C@@]1(C2)[C@@H]4[C@](O)([C@@H]5O)[C@H]6O)[C@@H]9C8=O. The maximum absolute atomic E-state index is 16.9. The van der Waals surface area contributed by atoms with Gasteiger partial charge in [-0.2, -0.15) is 0 Å². The molecule has 1 saturated heterocycles. The van der Waals surface area contributed by atoms with E-state index in [9.17, 15) is 45.6 Å². The van der Waals surface area contributed by atoms with Gasteiger partial charge in [0.15, 0.2) is 11.6 Å². The minimum Gasteiger partial charge on any atom is -0.511 e. The van der Waals surface area contributed by atoms with Crippen molar-refractivity contribution in [2.75, 3.05) is 19.0 Å². The van der Waals surface area contributed by atoms with Crippen molar-refractivity contribution in [1.82, 2.24) is 10.6 Å². The summed E-state index contributed by atoms with van der Waals surface area (Å²) < 4.78 is 13.9. The Bertz CT molecular complexity index is 3810. The molecule has 93 heavy (non-hydrogen) atoms. The lowest BCUT2D eigenvalue weighted by molar-refractivity contribution is -0.392. The summed E-state index contributed by atoms with van der Waals surface area (Å²) in [5, 5.41) is 107. The molecular formula is C76H88N2O13S2. The fourth-order valence-electron chi connectivity index (χ4n) is 24.1. The second-order valence-corrected chi connectivity index (χ2v) is 34.6. The zero-order valence-electron chi connectivity index (χ0n) is 52.8. The van der Waals surface area contributed by atoms with E-state index < -0.39 is 86.8 Å². The van der Waals surface area contributed by atoms with Crippen LogP contribution in [0.5, 0.6) is 11.5 Å². The fourth-order valence-corrected chi connectivity index (χ4v) is 26.9. The Labute approximate surface area is 551 Å². The highest BCUT2D eigenvalue weighted by molar-refractivity contribution is 8.76. The number of dihydropyridines is 1. The van der Waals surface area contributed by atoms with Gasteiger partial charge in [0.05, 0.1) is 42.0 Å². The number of carbonyl (C=O) groups excluding carboxylic acids is 3. The number of aldehydes is 1. The largest absolute Gasteiger partial charge is 0.511 e. The Balaban J connectivity index is 0.791. The third-order valence-corrected chi connectivity index (χ3v) is 30.2.